The van der Waals surface area contributed by atoms with E-state index in [0.717, 1.165) is 11.2 Å². The van der Waals surface area contributed by atoms with Gasteiger partial charge >= 0.3 is 0 Å². The first-order valence-corrected chi connectivity index (χ1v) is 5.75. The van der Waals surface area contributed by atoms with Gasteiger partial charge in [0.05, 0.1) is 36.3 Å². The van der Waals surface area contributed by atoms with Crippen molar-refractivity contribution in [3.05, 3.63) is 58.8 Å². The molecule has 6 nitrogen and oxygen atoms in total. The van der Waals surface area contributed by atoms with Crippen molar-refractivity contribution in [1.82, 2.24) is 19.7 Å². The maximum Gasteiger partial charge on any atom is 0.207 e. The average Bonchev–Trinajstić information content (AvgIpc) is 2.45. The van der Waals surface area contributed by atoms with E-state index in [1.54, 1.807) is 16.9 Å². The molecule has 0 bridgehead atoms. The number of hydrogen-bond acceptors (Lipinski definition) is 5. The molecule has 2 heterocycles. The van der Waals surface area contributed by atoms with Gasteiger partial charge in [0.1, 0.15) is 5.82 Å². The number of rotatable bonds is 2. The summed E-state index contributed by atoms with van der Waals surface area (Å²) in [6, 6.07) is 7.34. The molecule has 94 valence electrons. The van der Waals surface area contributed by atoms with Gasteiger partial charge < -0.3 is 5.73 Å². The molecule has 2 N–H and O–H groups in total. The summed E-state index contributed by atoms with van der Waals surface area (Å²) in [4.78, 5) is 19.9. The van der Waals surface area contributed by atoms with Gasteiger partial charge in [-0.05, 0) is 12.1 Å². The van der Waals surface area contributed by atoms with Crippen LogP contribution in [0, 0.1) is 0 Å². The van der Waals surface area contributed by atoms with Gasteiger partial charge in [-0.2, -0.15) is 5.10 Å². The van der Waals surface area contributed by atoms with Crippen LogP contribution in [0.2, 0.25) is 0 Å². The molecule has 6 heteroatoms. The summed E-state index contributed by atoms with van der Waals surface area (Å²) in [6.07, 6.45) is 4.41. The normalized spacial score (nSPS) is 10.7. The lowest BCUT2D eigenvalue weighted by Gasteiger charge is -2.08. The molecular formula is C13H11N5O. The van der Waals surface area contributed by atoms with Crippen molar-refractivity contribution in [1.29, 1.82) is 0 Å². The third kappa shape index (κ3) is 2.15. The number of nitrogens with zero attached hydrogens (tertiary/aromatic N) is 4. The summed E-state index contributed by atoms with van der Waals surface area (Å²) in [6.45, 7) is 0.439. The molecule has 0 fully saturated rings. The summed E-state index contributed by atoms with van der Waals surface area (Å²) < 4.78 is 1.72. The summed E-state index contributed by atoms with van der Waals surface area (Å²) in [5, 5.41) is 4.77. The molecule has 19 heavy (non-hydrogen) atoms. The van der Waals surface area contributed by atoms with E-state index in [-0.39, 0.29) is 5.43 Å². The molecule has 0 unspecified atom stereocenters. The van der Waals surface area contributed by atoms with Gasteiger partial charge in [0, 0.05) is 5.39 Å². The molecule has 0 radical (unpaired) electrons. The van der Waals surface area contributed by atoms with Crippen LogP contribution in [0.5, 0.6) is 0 Å². The zero-order valence-corrected chi connectivity index (χ0v) is 10.0. The first-order valence-electron chi connectivity index (χ1n) is 5.75. The van der Waals surface area contributed by atoms with Crippen LogP contribution in [-0.4, -0.2) is 19.7 Å². The predicted octanol–water partition coefficient (Wildman–Crippen LogP) is 0.817. The van der Waals surface area contributed by atoms with Crippen LogP contribution in [0.1, 0.15) is 5.69 Å². The van der Waals surface area contributed by atoms with Crippen LogP contribution < -0.4 is 11.2 Å². The number of para-hydroxylation sites is 1. The number of nitrogens with two attached hydrogens (primary N) is 1. The van der Waals surface area contributed by atoms with E-state index in [9.17, 15) is 4.79 Å². The lowest BCUT2D eigenvalue weighted by molar-refractivity contribution is 0.678. The molecule has 0 aliphatic carbocycles. The Morgan fingerprint density at radius 3 is 2.74 bits per heavy atom. The van der Waals surface area contributed by atoms with E-state index >= 15 is 0 Å². The summed E-state index contributed by atoms with van der Waals surface area (Å²) >= 11 is 0. The Morgan fingerprint density at radius 1 is 1.11 bits per heavy atom. The van der Waals surface area contributed by atoms with Gasteiger partial charge in [0.15, 0.2) is 0 Å². The molecule has 1 aromatic carbocycles. The smallest absolute Gasteiger partial charge is 0.207 e. The maximum atomic E-state index is 11.7. The van der Waals surface area contributed by atoms with E-state index < -0.39 is 0 Å². The zero-order valence-electron chi connectivity index (χ0n) is 10.0. The molecule has 3 rings (SSSR count). The number of fused-ring (bicyclic) bond motifs is 1. The largest absolute Gasteiger partial charge is 0.382 e. The van der Waals surface area contributed by atoms with Crippen LogP contribution in [0.3, 0.4) is 0 Å². The molecule has 2 aromatic heterocycles. The Hall–Kier alpha value is -2.76. The van der Waals surface area contributed by atoms with Crippen LogP contribution in [0.25, 0.3) is 10.9 Å². The maximum absolute atomic E-state index is 11.7. The number of benzene rings is 1. The molecule has 0 amide bonds. The molecule has 0 spiro atoms. The Morgan fingerprint density at radius 2 is 1.95 bits per heavy atom. The molecule has 0 aliphatic heterocycles. The highest BCUT2D eigenvalue weighted by molar-refractivity contribution is 5.77. The second-order valence-electron chi connectivity index (χ2n) is 4.12. The van der Waals surface area contributed by atoms with Crippen molar-refractivity contribution in [3.63, 3.8) is 0 Å². The molecule has 3 aromatic rings. The molecule has 0 saturated heterocycles. The summed E-state index contributed by atoms with van der Waals surface area (Å²) in [7, 11) is 0. The average molecular weight is 253 g/mol. The second-order valence-corrected chi connectivity index (χ2v) is 4.12. The first-order chi connectivity index (χ1) is 9.24. The first kappa shape index (κ1) is 11.3. The SMILES string of the molecule is Nc1cnc(Cn2ncc(=O)c3ccccc32)cn1. The molecule has 0 atom stereocenters. The van der Waals surface area contributed by atoms with Crippen LogP contribution in [0.15, 0.2) is 47.7 Å². The minimum atomic E-state index is -0.0877. The van der Waals surface area contributed by atoms with Crippen molar-refractivity contribution in [3.8, 4) is 0 Å². The van der Waals surface area contributed by atoms with E-state index in [2.05, 4.69) is 15.1 Å². The van der Waals surface area contributed by atoms with Crippen LogP contribution in [0.4, 0.5) is 5.82 Å². The standard InChI is InChI=1S/C13H11N5O/c14-13-7-15-9(5-16-13)8-18-11-4-2-1-3-10(11)12(19)6-17-18/h1-7H,8H2,(H2,14,16). The van der Waals surface area contributed by atoms with Crippen molar-refractivity contribution in [2.75, 3.05) is 5.73 Å². The fourth-order valence-corrected chi connectivity index (χ4v) is 1.89. The van der Waals surface area contributed by atoms with Crippen molar-refractivity contribution < 1.29 is 0 Å². The Kier molecular flexibility index (Phi) is 2.68. The Labute approximate surface area is 108 Å². The minimum Gasteiger partial charge on any atom is -0.382 e. The highest BCUT2D eigenvalue weighted by atomic mass is 16.1. The molecular weight excluding hydrogens is 242 g/mol. The van der Waals surface area contributed by atoms with E-state index in [0.29, 0.717) is 17.7 Å². The third-order valence-corrected chi connectivity index (χ3v) is 2.80. The predicted molar refractivity (Wildman–Crippen MR) is 71.5 cm³/mol. The van der Waals surface area contributed by atoms with Gasteiger partial charge in [-0.3, -0.25) is 14.5 Å². The highest BCUT2D eigenvalue weighted by Crippen LogP contribution is 2.09. The van der Waals surface area contributed by atoms with Crippen molar-refractivity contribution in [2.24, 2.45) is 0 Å². The lowest BCUT2D eigenvalue weighted by Crippen LogP contribution is -2.13. The number of hydrogen-bond donors (Lipinski definition) is 1. The van der Waals surface area contributed by atoms with E-state index in [1.165, 1.54) is 12.4 Å². The summed E-state index contributed by atoms with van der Waals surface area (Å²) in [5.74, 6) is 0.376. The highest BCUT2D eigenvalue weighted by Gasteiger charge is 2.04. The van der Waals surface area contributed by atoms with E-state index in [1.807, 2.05) is 18.2 Å². The topological polar surface area (TPSA) is 86.7 Å². The van der Waals surface area contributed by atoms with Crippen molar-refractivity contribution in [2.45, 2.75) is 6.54 Å². The molecule has 0 saturated carbocycles. The lowest BCUT2D eigenvalue weighted by atomic mass is 10.2. The van der Waals surface area contributed by atoms with Gasteiger partial charge in [-0.1, -0.05) is 12.1 Å². The number of anilines is 1. The second kappa shape index (κ2) is 4.49. The van der Waals surface area contributed by atoms with Crippen LogP contribution >= 0.6 is 0 Å². The third-order valence-electron chi connectivity index (χ3n) is 2.80. The fourth-order valence-electron chi connectivity index (χ4n) is 1.89. The zero-order chi connectivity index (χ0) is 13.2. The molecule has 0 aliphatic rings. The monoisotopic (exact) mass is 253 g/mol. The van der Waals surface area contributed by atoms with Gasteiger partial charge in [-0.15, -0.1) is 0 Å². The van der Waals surface area contributed by atoms with Crippen molar-refractivity contribution >= 4 is 16.7 Å². The van der Waals surface area contributed by atoms with Gasteiger partial charge in [-0.25, -0.2) is 4.98 Å². The number of nitrogen functional groups attached to an aromatic ring is 1. The Bertz CT molecular complexity index is 779. The quantitative estimate of drug-likeness (QED) is 0.730. The van der Waals surface area contributed by atoms with E-state index in [4.69, 9.17) is 5.73 Å². The number of aromatic nitrogens is 4. The fraction of sp³-hybridized carbons (Fsp3) is 0.0769. The minimum absolute atomic E-state index is 0.0877. The van der Waals surface area contributed by atoms with Gasteiger partial charge in [0.25, 0.3) is 0 Å². The van der Waals surface area contributed by atoms with Crippen LogP contribution in [-0.2, 0) is 6.54 Å². The Balaban J connectivity index is 2.08. The summed E-state index contributed by atoms with van der Waals surface area (Å²) in [5.41, 5.74) is 6.91. The van der Waals surface area contributed by atoms with Gasteiger partial charge in [0.2, 0.25) is 5.43 Å².